The summed E-state index contributed by atoms with van der Waals surface area (Å²) in [7, 11) is 2.97. The van der Waals surface area contributed by atoms with E-state index >= 15 is 0 Å². The molecule has 9 nitrogen and oxygen atoms in total. The number of piperidine rings is 1. The number of carbonyl (C=O) groups excluding carboxylic acids is 1. The van der Waals surface area contributed by atoms with Crippen molar-refractivity contribution >= 4 is 46.0 Å². The van der Waals surface area contributed by atoms with Crippen molar-refractivity contribution in [1.82, 2.24) is 20.4 Å². The van der Waals surface area contributed by atoms with Crippen LogP contribution in [0.1, 0.15) is 66.1 Å². The van der Waals surface area contributed by atoms with Crippen LogP contribution in [-0.4, -0.2) is 53.4 Å². The molecular weight excluding hydrogens is 577 g/mol. The zero-order valence-electron chi connectivity index (χ0n) is 23.4. The summed E-state index contributed by atoms with van der Waals surface area (Å²) in [5.74, 6) is 2.16. The van der Waals surface area contributed by atoms with Gasteiger partial charge in [0.2, 0.25) is 0 Å². The molecule has 2 aliphatic heterocycles. The average Bonchev–Trinajstić information content (AvgIpc) is 3.71. The van der Waals surface area contributed by atoms with Gasteiger partial charge in [-0.15, -0.1) is 0 Å². The number of nitrogens with one attached hydrogen (secondary N) is 1. The Morgan fingerprint density at radius 3 is 2.43 bits per heavy atom. The van der Waals surface area contributed by atoms with E-state index in [1.54, 1.807) is 19.2 Å². The smallest absolute Gasteiger partial charge is 0.337 e. The number of hydrogen-bond acceptors (Lipinski definition) is 9. The van der Waals surface area contributed by atoms with E-state index in [2.05, 4.69) is 15.4 Å². The molecule has 11 heteroatoms. The molecule has 1 N–H and O–H groups in total. The molecule has 2 aromatic heterocycles. The van der Waals surface area contributed by atoms with Gasteiger partial charge in [0.1, 0.15) is 11.5 Å². The number of fused-ring (bicyclic) bond motifs is 3. The van der Waals surface area contributed by atoms with Gasteiger partial charge in [-0.3, -0.25) is 0 Å². The van der Waals surface area contributed by atoms with Crippen LogP contribution in [0.3, 0.4) is 0 Å². The van der Waals surface area contributed by atoms with Crippen LogP contribution in [0.2, 0.25) is 10.0 Å². The minimum atomic E-state index is -0.410. The molecule has 0 spiro atoms. The van der Waals surface area contributed by atoms with E-state index in [0.717, 1.165) is 66.9 Å². The number of benzene rings is 2. The van der Waals surface area contributed by atoms with Crippen LogP contribution in [-0.2, 0) is 11.3 Å². The van der Waals surface area contributed by atoms with Gasteiger partial charge >= 0.3 is 5.97 Å². The lowest BCUT2D eigenvalue weighted by atomic mass is 9.96. The van der Waals surface area contributed by atoms with Crippen molar-refractivity contribution < 1.29 is 18.8 Å². The Hall–Kier alpha value is -3.40. The molecule has 2 bridgehead atoms. The van der Waals surface area contributed by atoms with Gasteiger partial charge < -0.3 is 24.2 Å². The minimum absolute atomic E-state index is 0.305. The van der Waals surface area contributed by atoms with E-state index in [9.17, 15) is 4.79 Å². The fourth-order valence-corrected chi connectivity index (χ4v) is 7.17. The summed E-state index contributed by atoms with van der Waals surface area (Å²) in [5.41, 5.74) is 4.24. The van der Waals surface area contributed by atoms with E-state index in [-0.39, 0.29) is 0 Å². The highest BCUT2D eigenvalue weighted by Crippen LogP contribution is 2.46. The maximum Gasteiger partial charge on any atom is 0.337 e. The SMILES string of the molecule is COC(=O)c1ccc2nc(N3C4CCC3CC(NCc3c(-c5c(Cl)cccc5Cl)noc3C3CC3)C4)c(OC)nc2c1. The van der Waals surface area contributed by atoms with Gasteiger partial charge in [-0.1, -0.05) is 34.4 Å². The number of rotatable bonds is 8. The van der Waals surface area contributed by atoms with Gasteiger partial charge in [0, 0.05) is 41.7 Å². The van der Waals surface area contributed by atoms with Crippen molar-refractivity contribution in [3.8, 4) is 17.1 Å². The van der Waals surface area contributed by atoms with Crippen LogP contribution >= 0.6 is 23.2 Å². The van der Waals surface area contributed by atoms with Gasteiger partial charge in [-0.05, 0) is 68.9 Å². The molecule has 1 aliphatic carbocycles. The number of carbonyl (C=O) groups is 1. The van der Waals surface area contributed by atoms with E-state index < -0.39 is 5.97 Å². The van der Waals surface area contributed by atoms with Crippen LogP contribution in [0.4, 0.5) is 5.82 Å². The Morgan fingerprint density at radius 2 is 1.76 bits per heavy atom. The Bertz CT molecular complexity index is 1640. The number of aromatic nitrogens is 3. The van der Waals surface area contributed by atoms with Crippen molar-refractivity contribution in [2.45, 2.75) is 69.1 Å². The molecular formula is C31H31Cl2N5O4. The van der Waals surface area contributed by atoms with Crippen LogP contribution in [0.15, 0.2) is 40.9 Å². The lowest BCUT2D eigenvalue weighted by Gasteiger charge is -2.40. The van der Waals surface area contributed by atoms with Crippen molar-refractivity contribution in [2.75, 3.05) is 19.1 Å². The molecule has 0 amide bonds. The fraction of sp³-hybridized carbons (Fsp3) is 0.419. The van der Waals surface area contributed by atoms with Crippen LogP contribution < -0.4 is 15.0 Å². The molecule has 4 aromatic rings. The van der Waals surface area contributed by atoms with E-state index in [0.29, 0.717) is 63.1 Å². The highest BCUT2D eigenvalue weighted by Gasteiger charge is 2.43. The lowest BCUT2D eigenvalue weighted by molar-refractivity contribution is 0.0601. The third-order valence-electron chi connectivity index (χ3n) is 8.74. The quantitative estimate of drug-likeness (QED) is 0.223. The number of methoxy groups -OCH3 is 2. The Labute approximate surface area is 253 Å². The summed E-state index contributed by atoms with van der Waals surface area (Å²) >= 11 is 13.1. The first-order chi connectivity index (χ1) is 20.4. The Morgan fingerprint density at radius 1 is 1.02 bits per heavy atom. The zero-order chi connectivity index (χ0) is 29.0. The number of halogens is 2. The van der Waals surface area contributed by atoms with Crippen molar-refractivity contribution in [3.05, 3.63) is 63.3 Å². The topological polar surface area (TPSA) is 103 Å². The van der Waals surface area contributed by atoms with E-state index in [1.165, 1.54) is 7.11 Å². The normalized spacial score (nSPS) is 21.6. The number of anilines is 1. The molecule has 4 heterocycles. The van der Waals surface area contributed by atoms with Gasteiger partial charge in [0.25, 0.3) is 5.88 Å². The van der Waals surface area contributed by atoms with Gasteiger partial charge in [-0.25, -0.2) is 14.8 Å². The molecule has 1 saturated carbocycles. The standard InChI is InChI=1S/C31H31Cl2N5O4/c1-40-30-29(35-24-11-8-17(31(39)41-2)12-25(24)36-30)38-19-9-10-20(38)14-18(13-19)34-15-21-27(37-42-28(21)16-6-7-16)26-22(32)4-3-5-23(26)33/h3-5,8,11-12,16,18-20,34H,6-7,9-10,13-15H2,1-2H3. The first kappa shape index (κ1) is 27.4. The summed E-state index contributed by atoms with van der Waals surface area (Å²) in [5, 5.41) is 9.40. The number of nitrogens with zero attached hydrogens (tertiary/aromatic N) is 4. The summed E-state index contributed by atoms with van der Waals surface area (Å²) in [6.07, 6.45) is 6.31. The predicted octanol–water partition coefficient (Wildman–Crippen LogP) is 6.55. The molecule has 3 fully saturated rings. The third kappa shape index (κ3) is 4.87. The van der Waals surface area contributed by atoms with Gasteiger partial charge in [0.15, 0.2) is 5.82 Å². The van der Waals surface area contributed by atoms with Gasteiger partial charge in [-0.2, -0.15) is 0 Å². The molecule has 7 rings (SSSR count). The maximum absolute atomic E-state index is 12.0. The molecule has 2 unspecified atom stereocenters. The fourth-order valence-electron chi connectivity index (χ4n) is 6.59. The summed E-state index contributed by atoms with van der Waals surface area (Å²) in [6.45, 7) is 0.637. The lowest BCUT2D eigenvalue weighted by Crippen LogP contribution is -2.49. The van der Waals surface area contributed by atoms with Crippen LogP contribution in [0.5, 0.6) is 5.88 Å². The number of hydrogen-bond donors (Lipinski definition) is 1. The second-order valence-electron chi connectivity index (χ2n) is 11.3. The van der Waals surface area contributed by atoms with Crippen LogP contribution in [0, 0.1) is 0 Å². The van der Waals surface area contributed by atoms with E-state index in [1.807, 2.05) is 24.3 Å². The molecule has 218 valence electrons. The third-order valence-corrected chi connectivity index (χ3v) is 9.37. The zero-order valence-corrected chi connectivity index (χ0v) is 24.9. The first-order valence-electron chi connectivity index (χ1n) is 14.3. The average molecular weight is 609 g/mol. The van der Waals surface area contributed by atoms with Crippen LogP contribution in [0.25, 0.3) is 22.3 Å². The first-order valence-corrected chi connectivity index (χ1v) is 15.1. The monoisotopic (exact) mass is 607 g/mol. The summed E-state index contributed by atoms with van der Waals surface area (Å²) in [4.78, 5) is 24.1. The summed E-state index contributed by atoms with van der Waals surface area (Å²) < 4.78 is 16.4. The molecule has 42 heavy (non-hydrogen) atoms. The van der Waals surface area contributed by atoms with Crippen molar-refractivity contribution in [1.29, 1.82) is 0 Å². The highest BCUT2D eigenvalue weighted by molar-refractivity contribution is 6.39. The Kier molecular flexibility index (Phi) is 7.20. The largest absolute Gasteiger partial charge is 0.478 e. The molecule has 3 aliphatic rings. The van der Waals surface area contributed by atoms with Gasteiger partial charge in [0.05, 0.1) is 40.9 Å². The second kappa shape index (κ2) is 11.0. The van der Waals surface area contributed by atoms with E-state index in [4.69, 9.17) is 47.2 Å². The number of ether oxygens (including phenoxy) is 2. The molecule has 2 aromatic carbocycles. The number of esters is 1. The molecule has 2 saturated heterocycles. The minimum Gasteiger partial charge on any atom is -0.478 e. The van der Waals surface area contributed by atoms with Crippen molar-refractivity contribution in [2.24, 2.45) is 0 Å². The summed E-state index contributed by atoms with van der Waals surface area (Å²) in [6, 6.07) is 11.7. The maximum atomic E-state index is 12.0. The second-order valence-corrected chi connectivity index (χ2v) is 12.2. The molecule has 0 radical (unpaired) electrons. The Balaban J connectivity index is 1.12. The predicted molar refractivity (Wildman–Crippen MR) is 161 cm³/mol. The highest BCUT2D eigenvalue weighted by atomic mass is 35.5. The molecule has 2 atom stereocenters. The van der Waals surface area contributed by atoms with Crippen molar-refractivity contribution in [3.63, 3.8) is 0 Å².